The molecule has 5 rings (SSSR count). The van der Waals surface area contributed by atoms with Gasteiger partial charge in [0.25, 0.3) is 0 Å². The molecule has 3 unspecified atom stereocenters. The van der Waals surface area contributed by atoms with Gasteiger partial charge in [-0.05, 0) is 74.2 Å². The predicted molar refractivity (Wildman–Crippen MR) is 115 cm³/mol. The van der Waals surface area contributed by atoms with Crippen LogP contribution in [0.2, 0.25) is 0 Å². The molecule has 3 saturated carbocycles. The molecule has 0 aromatic heterocycles. The standard InChI is InChI=1S/C25H36O8/c1-24-9-7-13(26)11-12(24)3-4-14-15-5-6-17(25(15,2)10-8-16(14)24)32-23(31)21-19(28)18(27)20(29)22(30)33-21/h11,14-22,27-30H,3-10H2,1-2H3/t14?,15?,16?,17-,18+,19+,20-,21+,22-,24+,25+/m1/s1. The Morgan fingerprint density at radius 2 is 1.73 bits per heavy atom. The second-order valence-electron chi connectivity index (χ2n) is 11.4. The molecular formula is C25H36O8. The lowest BCUT2D eigenvalue weighted by Crippen LogP contribution is -2.60. The van der Waals surface area contributed by atoms with Gasteiger partial charge in [0.15, 0.2) is 18.2 Å². The van der Waals surface area contributed by atoms with Crippen molar-refractivity contribution in [2.75, 3.05) is 0 Å². The van der Waals surface area contributed by atoms with Crippen LogP contribution in [0, 0.1) is 28.6 Å². The van der Waals surface area contributed by atoms with Crippen molar-refractivity contribution in [3.63, 3.8) is 0 Å². The Morgan fingerprint density at radius 3 is 2.48 bits per heavy atom. The van der Waals surface area contributed by atoms with Crippen molar-refractivity contribution in [2.24, 2.45) is 28.6 Å². The van der Waals surface area contributed by atoms with Crippen molar-refractivity contribution in [2.45, 2.75) is 102 Å². The minimum atomic E-state index is -1.77. The van der Waals surface area contributed by atoms with Crippen LogP contribution in [0.4, 0.5) is 0 Å². The molecule has 33 heavy (non-hydrogen) atoms. The fourth-order valence-electron chi connectivity index (χ4n) is 7.97. The monoisotopic (exact) mass is 464 g/mol. The van der Waals surface area contributed by atoms with Crippen molar-refractivity contribution in [3.8, 4) is 0 Å². The third-order valence-electron chi connectivity index (χ3n) is 9.95. The largest absolute Gasteiger partial charge is 0.460 e. The van der Waals surface area contributed by atoms with Gasteiger partial charge in [0, 0.05) is 11.8 Å². The Hall–Kier alpha value is -1.32. The highest BCUT2D eigenvalue weighted by molar-refractivity contribution is 5.91. The van der Waals surface area contributed by atoms with E-state index in [2.05, 4.69) is 13.8 Å². The number of hydrogen-bond donors (Lipinski definition) is 4. The van der Waals surface area contributed by atoms with E-state index >= 15 is 0 Å². The van der Waals surface area contributed by atoms with Crippen molar-refractivity contribution < 1.29 is 39.5 Å². The Bertz CT molecular complexity index is 855. The van der Waals surface area contributed by atoms with Crippen LogP contribution < -0.4 is 0 Å². The molecule has 4 fully saturated rings. The van der Waals surface area contributed by atoms with Crippen molar-refractivity contribution in [3.05, 3.63) is 11.6 Å². The van der Waals surface area contributed by atoms with Gasteiger partial charge < -0.3 is 29.9 Å². The van der Waals surface area contributed by atoms with Gasteiger partial charge in [-0.1, -0.05) is 19.4 Å². The number of rotatable bonds is 2. The van der Waals surface area contributed by atoms with Crippen LogP contribution in [-0.2, 0) is 19.1 Å². The highest BCUT2D eigenvalue weighted by Crippen LogP contribution is 2.65. The maximum absolute atomic E-state index is 12.9. The molecule has 0 spiro atoms. The predicted octanol–water partition coefficient (Wildman–Crippen LogP) is 1.23. The second-order valence-corrected chi connectivity index (χ2v) is 11.4. The third-order valence-corrected chi connectivity index (χ3v) is 9.95. The SMILES string of the molecule is C[C@]12CCC(=O)C=C1CCC1C2CC[C@@]2(C)C1CC[C@H]2OC(=O)[C@H]1O[C@@H](O)[C@H](O)[C@@H](O)[C@@H]1O. The normalized spacial score (nSPS) is 51.8. The summed E-state index contributed by atoms with van der Waals surface area (Å²) in [5.74, 6) is 0.921. The summed E-state index contributed by atoms with van der Waals surface area (Å²) in [5.41, 5.74) is 1.22. The van der Waals surface area contributed by atoms with Gasteiger partial charge in [0.2, 0.25) is 0 Å². The molecule has 5 aliphatic rings. The molecule has 0 amide bonds. The lowest BCUT2D eigenvalue weighted by molar-refractivity contribution is -0.283. The van der Waals surface area contributed by atoms with E-state index in [1.807, 2.05) is 6.08 Å². The summed E-state index contributed by atoms with van der Waals surface area (Å²) >= 11 is 0. The number of hydrogen-bond acceptors (Lipinski definition) is 8. The number of ether oxygens (including phenoxy) is 2. The molecule has 4 N–H and O–H groups in total. The molecule has 4 aliphatic carbocycles. The maximum atomic E-state index is 12.9. The molecule has 184 valence electrons. The molecule has 0 radical (unpaired) electrons. The average molecular weight is 465 g/mol. The Balaban J connectivity index is 1.31. The van der Waals surface area contributed by atoms with E-state index in [9.17, 15) is 30.0 Å². The number of esters is 1. The van der Waals surface area contributed by atoms with E-state index in [0.29, 0.717) is 24.2 Å². The molecule has 1 aliphatic heterocycles. The first-order chi connectivity index (χ1) is 15.6. The van der Waals surface area contributed by atoms with Gasteiger partial charge >= 0.3 is 5.97 Å². The molecule has 8 heteroatoms. The second kappa shape index (κ2) is 8.12. The Kier molecular flexibility index (Phi) is 5.77. The van der Waals surface area contributed by atoms with Crippen LogP contribution in [0.1, 0.15) is 65.2 Å². The van der Waals surface area contributed by atoms with Crippen LogP contribution in [0.5, 0.6) is 0 Å². The van der Waals surface area contributed by atoms with E-state index in [0.717, 1.165) is 44.9 Å². The van der Waals surface area contributed by atoms with E-state index in [1.54, 1.807) is 0 Å². The summed E-state index contributed by atoms with van der Waals surface area (Å²) in [6, 6.07) is 0. The topological polar surface area (TPSA) is 134 Å². The summed E-state index contributed by atoms with van der Waals surface area (Å²) in [4.78, 5) is 24.9. The van der Waals surface area contributed by atoms with Crippen LogP contribution in [0.25, 0.3) is 0 Å². The smallest absolute Gasteiger partial charge is 0.338 e. The Morgan fingerprint density at radius 1 is 0.970 bits per heavy atom. The minimum Gasteiger partial charge on any atom is -0.460 e. The van der Waals surface area contributed by atoms with Crippen LogP contribution in [0.3, 0.4) is 0 Å². The van der Waals surface area contributed by atoms with Crippen LogP contribution >= 0.6 is 0 Å². The highest BCUT2D eigenvalue weighted by atomic mass is 16.7. The van der Waals surface area contributed by atoms with Gasteiger partial charge in [0.05, 0.1) is 0 Å². The summed E-state index contributed by atoms with van der Waals surface area (Å²) < 4.78 is 10.9. The van der Waals surface area contributed by atoms with E-state index in [4.69, 9.17) is 9.47 Å². The fourth-order valence-corrected chi connectivity index (χ4v) is 7.97. The van der Waals surface area contributed by atoms with Gasteiger partial charge in [-0.2, -0.15) is 0 Å². The zero-order chi connectivity index (χ0) is 23.7. The Labute approximate surface area is 194 Å². The van der Waals surface area contributed by atoms with E-state index < -0.39 is 36.7 Å². The first-order valence-corrected chi connectivity index (χ1v) is 12.4. The molecule has 0 aromatic rings. The molecule has 8 nitrogen and oxygen atoms in total. The van der Waals surface area contributed by atoms with Crippen molar-refractivity contribution >= 4 is 11.8 Å². The van der Waals surface area contributed by atoms with E-state index in [-0.39, 0.29) is 22.7 Å². The lowest BCUT2D eigenvalue weighted by atomic mass is 9.47. The molecule has 1 heterocycles. The number of aliphatic hydroxyl groups excluding tert-OH is 4. The number of ketones is 1. The summed E-state index contributed by atoms with van der Waals surface area (Å²) in [6.07, 6.45) is 0.418. The van der Waals surface area contributed by atoms with Crippen molar-refractivity contribution in [1.82, 2.24) is 0 Å². The van der Waals surface area contributed by atoms with Crippen LogP contribution in [0.15, 0.2) is 11.6 Å². The molecule has 1 saturated heterocycles. The quantitative estimate of drug-likeness (QED) is 0.449. The minimum absolute atomic E-state index is 0.0834. The highest BCUT2D eigenvalue weighted by Gasteiger charge is 2.60. The number of carbonyl (C=O) groups is 2. The fraction of sp³-hybridized carbons (Fsp3) is 0.840. The van der Waals surface area contributed by atoms with Gasteiger partial charge in [-0.25, -0.2) is 4.79 Å². The molecule has 0 aromatic carbocycles. The first kappa shape index (κ1) is 23.4. The van der Waals surface area contributed by atoms with Crippen LogP contribution in [-0.4, -0.2) is 69.0 Å². The number of aliphatic hydroxyl groups is 4. The number of fused-ring (bicyclic) bond motifs is 5. The maximum Gasteiger partial charge on any atom is 0.338 e. The number of carbonyl (C=O) groups excluding carboxylic acids is 2. The van der Waals surface area contributed by atoms with Gasteiger partial charge in [-0.3, -0.25) is 4.79 Å². The average Bonchev–Trinajstić information content (AvgIpc) is 3.11. The van der Waals surface area contributed by atoms with E-state index in [1.165, 1.54) is 5.57 Å². The molecular weight excluding hydrogens is 428 g/mol. The summed E-state index contributed by atoms with van der Waals surface area (Å²) in [7, 11) is 0. The third kappa shape index (κ3) is 3.52. The molecule has 11 atom stereocenters. The van der Waals surface area contributed by atoms with Crippen molar-refractivity contribution in [1.29, 1.82) is 0 Å². The van der Waals surface area contributed by atoms with Gasteiger partial charge in [-0.15, -0.1) is 0 Å². The molecule has 0 bridgehead atoms. The lowest BCUT2D eigenvalue weighted by Gasteiger charge is -2.57. The zero-order valence-corrected chi connectivity index (χ0v) is 19.4. The summed E-state index contributed by atoms with van der Waals surface area (Å²) in [5, 5.41) is 39.6. The summed E-state index contributed by atoms with van der Waals surface area (Å²) in [6.45, 7) is 4.53. The first-order valence-electron chi connectivity index (χ1n) is 12.4. The number of allylic oxidation sites excluding steroid dienone is 1. The van der Waals surface area contributed by atoms with Gasteiger partial charge in [0.1, 0.15) is 24.4 Å². The zero-order valence-electron chi connectivity index (χ0n) is 19.4.